The molecule has 1 aromatic carbocycles. The Hall–Kier alpha value is -0.900. The van der Waals surface area contributed by atoms with E-state index >= 15 is 0 Å². The molecule has 2 aromatic rings. The van der Waals surface area contributed by atoms with Gasteiger partial charge in [-0.15, -0.1) is 11.3 Å². The van der Waals surface area contributed by atoms with Crippen molar-refractivity contribution in [2.24, 2.45) is 5.92 Å². The highest BCUT2D eigenvalue weighted by molar-refractivity contribution is 7.17. The molecular formula is C15H19NOS. The van der Waals surface area contributed by atoms with Gasteiger partial charge in [-0.2, -0.15) is 0 Å². The molecule has 3 heteroatoms. The molecule has 1 unspecified atom stereocenters. The van der Waals surface area contributed by atoms with Gasteiger partial charge in [0.05, 0.1) is 13.2 Å². The van der Waals surface area contributed by atoms with Gasteiger partial charge in [-0.25, -0.2) is 0 Å². The third-order valence-corrected chi connectivity index (χ3v) is 4.58. The van der Waals surface area contributed by atoms with Crippen LogP contribution in [0.5, 0.6) is 0 Å². The van der Waals surface area contributed by atoms with Gasteiger partial charge in [-0.05, 0) is 47.7 Å². The largest absolute Gasteiger partial charge is 0.376 e. The van der Waals surface area contributed by atoms with Crippen LogP contribution in [0.4, 0.5) is 0 Å². The maximum atomic E-state index is 5.89. The summed E-state index contributed by atoms with van der Waals surface area (Å²) in [6, 6.07) is 8.56. The number of nitrogens with one attached hydrogen (secondary N) is 1. The van der Waals surface area contributed by atoms with E-state index in [1.165, 1.54) is 35.0 Å². The first kappa shape index (κ1) is 12.2. The van der Waals surface area contributed by atoms with Gasteiger partial charge >= 0.3 is 0 Å². The molecular weight excluding hydrogens is 242 g/mol. The summed E-state index contributed by atoms with van der Waals surface area (Å²) in [5.74, 6) is 0.698. The number of piperidine rings is 1. The minimum absolute atomic E-state index is 0.698. The molecule has 0 aliphatic carbocycles. The van der Waals surface area contributed by atoms with Gasteiger partial charge in [-0.3, -0.25) is 0 Å². The van der Waals surface area contributed by atoms with Crippen LogP contribution in [-0.4, -0.2) is 19.7 Å². The minimum atomic E-state index is 0.698. The van der Waals surface area contributed by atoms with E-state index in [0.717, 1.165) is 19.8 Å². The predicted molar refractivity (Wildman–Crippen MR) is 77.1 cm³/mol. The molecule has 1 saturated heterocycles. The molecule has 1 aromatic heterocycles. The molecule has 0 spiro atoms. The van der Waals surface area contributed by atoms with E-state index in [1.807, 2.05) is 11.3 Å². The van der Waals surface area contributed by atoms with E-state index in [4.69, 9.17) is 4.74 Å². The van der Waals surface area contributed by atoms with Crippen LogP contribution in [0.25, 0.3) is 10.1 Å². The number of hydrogen-bond donors (Lipinski definition) is 1. The average molecular weight is 261 g/mol. The molecule has 0 saturated carbocycles. The van der Waals surface area contributed by atoms with Gasteiger partial charge in [0.2, 0.25) is 0 Å². The third-order valence-electron chi connectivity index (χ3n) is 3.57. The first-order chi connectivity index (χ1) is 8.93. The zero-order chi connectivity index (χ0) is 12.2. The summed E-state index contributed by atoms with van der Waals surface area (Å²) in [7, 11) is 0. The Morgan fingerprint density at radius 3 is 3.17 bits per heavy atom. The maximum Gasteiger partial charge on any atom is 0.0731 e. The fourth-order valence-electron chi connectivity index (χ4n) is 2.55. The summed E-state index contributed by atoms with van der Waals surface area (Å²) in [5, 5.41) is 7.01. The first-order valence-corrected chi connectivity index (χ1v) is 7.55. The highest BCUT2D eigenvalue weighted by Crippen LogP contribution is 2.26. The lowest BCUT2D eigenvalue weighted by molar-refractivity contribution is 0.0791. The summed E-state index contributed by atoms with van der Waals surface area (Å²) >= 11 is 1.81. The number of ether oxygens (including phenoxy) is 1. The van der Waals surface area contributed by atoms with Crippen LogP contribution in [0.2, 0.25) is 0 Å². The summed E-state index contributed by atoms with van der Waals surface area (Å²) in [4.78, 5) is 0. The Morgan fingerprint density at radius 1 is 1.33 bits per heavy atom. The molecule has 0 radical (unpaired) electrons. The van der Waals surface area contributed by atoms with E-state index in [1.54, 1.807) is 0 Å². The highest BCUT2D eigenvalue weighted by atomic mass is 32.1. The molecule has 1 atom stereocenters. The molecule has 2 nitrogen and oxygen atoms in total. The van der Waals surface area contributed by atoms with Crippen LogP contribution in [0.3, 0.4) is 0 Å². The van der Waals surface area contributed by atoms with E-state index < -0.39 is 0 Å². The van der Waals surface area contributed by atoms with Gasteiger partial charge in [-0.1, -0.05) is 18.2 Å². The second-order valence-corrected chi connectivity index (χ2v) is 5.90. The number of thiophene rings is 1. The van der Waals surface area contributed by atoms with Crippen LogP contribution in [0.15, 0.2) is 29.6 Å². The second kappa shape index (κ2) is 5.83. The van der Waals surface area contributed by atoms with Gasteiger partial charge in [0, 0.05) is 11.2 Å². The van der Waals surface area contributed by atoms with Crippen molar-refractivity contribution in [3.05, 3.63) is 35.2 Å². The number of fused-ring (bicyclic) bond motifs is 1. The Bertz CT molecular complexity index is 502. The molecule has 1 aliphatic heterocycles. The summed E-state index contributed by atoms with van der Waals surface area (Å²) in [6.07, 6.45) is 2.59. The third kappa shape index (κ3) is 2.74. The summed E-state index contributed by atoms with van der Waals surface area (Å²) < 4.78 is 7.25. The highest BCUT2D eigenvalue weighted by Gasteiger charge is 2.13. The normalized spacial score (nSPS) is 20.3. The van der Waals surface area contributed by atoms with Crippen LogP contribution in [0.1, 0.15) is 18.4 Å². The van der Waals surface area contributed by atoms with Gasteiger partial charge in [0.15, 0.2) is 0 Å². The zero-order valence-electron chi connectivity index (χ0n) is 10.5. The van der Waals surface area contributed by atoms with Crippen LogP contribution in [0, 0.1) is 5.92 Å². The fourth-order valence-corrected chi connectivity index (χ4v) is 3.49. The Morgan fingerprint density at radius 2 is 2.28 bits per heavy atom. The topological polar surface area (TPSA) is 21.3 Å². The maximum absolute atomic E-state index is 5.89. The molecule has 0 bridgehead atoms. The van der Waals surface area contributed by atoms with E-state index in [2.05, 4.69) is 35.0 Å². The summed E-state index contributed by atoms with van der Waals surface area (Å²) in [5.41, 5.74) is 1.33. The van der Waals surface area contributed by atoms with Crippen molar-refractivity contribution in [3.63, 3.8) is 0 Å². The smallest absolute Gasteiger partial charge is 0.0731 e. The van der Waals surface area contributed by atoms with Crippen LogP contribution >= 0.6 is 11.3 Å². The number of benzene rings is 1. The lowest BCUT2D eigenvalue weighted by Gasteiger charge is -2.22. The first-order valence-electron chi connectivity index (χ1n) is 6.67. The molecule has 0 amide bonds. The lowest BCUT2D eigenvalue weighted by atomic mass is 10.0. The lowest BCUT2D eigenvalue weighted by Crippen LogP contribution is -2.32. The molecule has 1 aliphatic rings. The van der Waals surface area contributed by atoms with Crippen molar-refractivity contribution in [1.82, 2.24) is 5.32 Å². The molecule has 2 heterocycles. The second-order valence-electron chi connectivity index (χ2n) is 4.98. The minimum Gasteiger partial charge on any atom is -0.376 e. The van der Waals surface area contributed by atoms with Gasteiger partial charge in [0.25, 0.3) is 0 Å². The quantitative estimate of drug-likeness (QED) is 0.910. The zero-order valence-corrected chi connectivity index (χ0v) is 11.3. The number of hydrogen-bond acceptors (Lipinski definition) is 3. The number of rotatable bonds is 4. The van der Waals surface area contributed by atoms with E-state index in [-0.39, 0.29) is 0 Å². The Labute approximate surface area is 112 Å². The average Bonchev–Trinajstić information content (AvgIpc) is 2.84. The molecule has 18 heavy (non-hydrogen) atoms. The molecule has 1 fully saturated rings. The standard InChI is InChI=1S/C15H19NOS/c1-2-6-15-14(5-1)13(11-18-15)10-17-9-12-4-3-7-16-8-12/h1-2,5-6,11-12,16H,3-4,7-10H2. The Kier molecular flexibility index (Phi) is 3.93. The van der Waals surface area contributed by atoms with Crippen LogP contribution in [-0.2, 0) is 11.3 Å². The van der Waals surface area contributed by atoms with Gasteiger partial charge in [0.1, 0.15) is 0 Å². The van der Waals surface area contributed by atoms with Crippen molar-refractivity contribution in [3.8, 4) is 0 Å². The van der Waals surface area contributed by atoms with Crippen molar-refractivity contribution in [2.45, 2.75) is 19.4 Å². The van der Waals surface area contributed by atoms with E-state index in [9.17, 15) is 0 Å². The molecule has 3 rings (SSSR count). The van der Waals surface area contributed by atoms with Crippen molar-refractivity contribution in [1.29, 1.82) is 0 Å². The van der Waals surface area contributed by atoms with Crippen molar-refractivity contribution < 1.29 is 4.74 Å². The van der Waals surface area contributed by atoms with Crippen molar-refractivity contribution in [2.75, 3.05) is 19.7 Å². The monoisotopic (exact) mass is 261 g/mol. The van der Waals surface area contributed by atoms with Gasteiger partial charge < -0.3 is 10.1 Å². The van der Waals surface area contributed by atoms with E-state index in [0.29, 0.717) is 5.92 Å². The Balaban J connectivity index is 1.56. The summed E-state index contributed by atoms with van der Waals surface area (Å²) in [6.45, 7) is 3.92. The predicted octanol–water partition coefficient (Wildman–Crippen LogP) is 3.42. The van der Waals surface area contributed by atoms with Crippen LogP contribution < -0.4 is 5.32 Å². The van der Waals surface area contributed by atoms with Crippen molar-refractivity contribution >= 4 is 21.4 Å². The molecule has 1 N–H and O–H groups in total. The molecule has 96 valence electrons. The fraction of sp³-hybridized carbons (Fsp3) is 0.467. The SMILES string of the molecule is c1ccc2c(COCC3CCCNC3)csc2c1.